The summed E-state index contributed by atoms with van der Waals surface area (Å²) in [5.41, 5.74) is 0.607. The number of aliphatic imine (C=N–C) groups is 1. The molecule has 0 fully saturated rings. The molecule has 0 aliphatic heterocycles. The van der Waals surface area contributed by atoms with Crippen molar-refractivity contribution < 1.29 is 18.6 Å². The number of hydrogen-bond donors (Lipinski definition) is 3. The number of hydrogen-bond acceptors (Lipinski definition) is 4. The van der Waals surface area contributed by atoms with Gasteiger partial charge in [-0.05, 0) is 48.4 Å². The van der Waals surface area contributed by atoms with Gasteiger partial charge in [-0.2, -0.15) is 8.78 Å². The van der Waals surface area contributed by atoms with Gasteiger partial charge in [0.15, 0.2) is 5.96 Å². The van der Waals surface area contributed by atoms with E-state index in [0.717, 1.165) is 6.42 Å². The number of aliphatic hydroxyl groups is 1. The fourth-order valence-corrected chi connectivity index (χ4v) is 3.48. The van der Waals surface area contributed by atoms with Crippen molar-refractivity contribution in [3.63, 3.8) is 0 Å². The van der Waals surface area contributed by atoms with Gasteiger partial charge in [0.05, 0.1) is 6.10 Å². The summed E-state index contributed by atoms with van der Waals surface area (Å²) in [6, 6.07) is 10.1. The van der Waals surface area contributed by atoms with E-state index in [-0.39, 0.29) is 12.3 Å². The van der Waals surface area contributed by atoms with Crippen LogP contribution in [-0.4, -0.2) is 37.3 Å². The van der Waals surface area contributed by atoms with E-state index in [4.69, 9.17) is 0 Å². The van der Waals surface area contributed by atoms with Crippen LogP contribution in [0.3, 0.4) is 0 Å². The Morgan fingerprint density at radius 3 is 2.57 bits per heavy atom. The lowest BCUT2D eigenvalue weighted by molar-refractivity contribution is -0.0498. The van der Waals surface area contributed by atoms with E-state index in [1.54, 1.807) is 23.5 Å². The molecule has 2 aromatic rings. The van der Waals surface area contributed by atoms with Gasteiger partial charge in [-0.1, -0.05) is 25.1 Å². The molecule has 0 aliphatic rings. The number of halogens is 2. The Balaban J connectivity index is 1.85. The number of nitrogens with zero attached hydrogens (tertiary/aromatic N) is 1. The average molecular weight is 412 g/mol. The minimum absolute atomic E-state index is 0.0635. The first-order chi connectivity index (χ1) is 13.5. The second-order valence-electron chi connectivity index (χ2n) is 6.45. The van der Waals surface area contributed by atoms with Gasteiger partial charge in [0, 0.05) is 24.5 Å². The number of guanidine groups is 1. The highest BCUT2D eigenvalue weighted by molar-refractivity contribution is 7.09. The van der Waals surface area contributed by atoms with Gasteiger partial charge < -0.3 is 20.5 Å². The van der Waals surface area contributed by atoms with Crippen LogP contribution in [0, 0.1) is 5.92 Å². The maximum absolute atomic E-state index is 12.2. The summed E-state index contributed by atoms with van der Waals surface area (Å²) in [4.78, 5) is 5.93. The molecular weight excluding hydrogens is 384 g/mol. The second kappa shape index (κ2) is 11.6. The molecule has 0 amide bonds. The normalized spacial score (nSPS) is 14.0. The summed E-state index contributed by atoms with van der Waals surface area (Å²) in [5.74, 6) is 1.10. The van der Waals surface area contributed by atoms with Crippen LogP contribution in [0.2, 0.25) is 0 Å². The zero-order valence-corrected chi connectivity index (χ0v) is 16.9. The van der Waals surface area contributed by atoms with Crippen LogP contribution >= 0.6 is 11.3 Å². The quantitative estimate of drug-likeness (QED) is 0.411. The summed E-state index contributed by atoms with van der Waals surface area (Å²) in [5, 5.41) is 18.7. The lowest BCUT2D eigenvalue weighted by atomic mass is 10.1. The van der Waals surface area contributed by atoms with Crippen molar-refractivity contribution in [1.29, 1.82) is 0 Å². The third-order valence-corrected chi connectivity index (χ3v) is 4.89. The van der Waals surface area contributed by atoms with E-state index in [1.165, 1.54) is 17.0 Å². The third-order valence-electron chi connectivity index (χ3n) is 3.99. The fourth-order valence-electron chi connectivity index (χ4n) is 2.61. The summed E-state index contributed by atoms with van der Waals surface area (Å²) >= 11 is 1.75. The van der Waals surface area contributed by atoms with Crippen molar-refractivity contribution in [2.24, 2.45) is 10.9 Å². The zero-order chi connectivity index (χ0) is 20.4. The number of rotatable bonds is 10. The number of aliphatic hydroxyl groups excluding tert-OH is 1. The lowest BCUT2D eigenvalue weighted by Crippen LogP contribution is -2.39. The van der Waals surface area contributed by atoms with Crippen LogP contribution in [-0.2, 0) is 6.42 Å². The molecule has 154 valence electrons. The Labute approximate surface area is 168 Å². The first-order valence-electron chi connectivity index (χ1n) is 9.25. The van der Waals surface area contributed by atoms with Gasteiger partial charge in [0.2, 0.25) is 0 Å². The Kier molecular flexibility index (Phi) is 9.16. The first-order valence-corrected chi connectivity index (χ1v) is 10.1. The highest BCUT2D eigenvalue weighted by atomic mass is 32.1. The average Bonchev–Trinajstić information content (AvgIpc) is 3.17. The number of benzene rings is 1. The Morgan fingerprint density at radius 1 is 1.21 bits per heavy atom. The smallest absolute Gasteiger partial charge is 0.387 e. The Morgan fingerprint density at radius 2 is 1.96 bits per heavy atom. The van der Waals surface area contributed by atoms with Crippen molar-refractivity contribution in [2.75, 3.05) is 19.6 Å². The zero-order valence-electron chi connectivity index (χ0n) is 16.1. The van der Waals surface area contributed by atoms with Crippen molar-refractivity contribution in [1.82, 2.24) is 10.6 Å². The summed E-state index contributed by atoms with van der Waals surface area (Å²) in [6.07, 6.45) is 0.184. The van der Waals surface area contributed by atoms with Gasteiger partial charge >= 0.3 is 6.61 Å². The molecule has 2 unspecified atom stereocenters. The van der Waals surface area contributed by atoms with Gasteiger partial charge in [0.25, 0.3) is 0 Å². The van der Waals surface area contributed by atoms with Crippen LogP contribution in [0.15, 0.2) is 46.8 Å². The summed E-state index contributed by atoms with van der Waals surface area (Å²) in [7, 11) is 0. The molecule has 2 atom stereocenters. The minimum atomic E-state index is -2.86. The summed E-state index contributed by atoms with van der Waals surface area (Å²) < 4.78 is 28.7. The Bertz CT molecular complexity index is 709. The Hall–Kier alpha value is -2.19. The first kappa shape index (κ1) is 22.1. The predicted molar refractivity (Wildman–Crippen MR) is 109 cm³/mol. The largest absolute Gasteiger partial charge is 0.435 e. The maximum atomic E-state index is 12.2. The van der Waals surface area contributed by atoms with Crippen molar-refractivity contribution in [3.8, 4) is 5.75 Å². The molecule has 5 nitrogen and oxygen atoms in total. The molecule has 8 heteroatoms. The van der Waals surface area contributed by atoms with Gasteiger partial charge in [-0.25, -0.2) is 0 Å². The molecular formula is C20H27F2N3O2S. The molecule has 3 N–H and O–H groups in total. The van der Waals surface area contributed by atoms with E-state index in [1.807, 2.05) is 6.92 Å². The van der Waals surface area contributed by atoms with Crippen molar-refractivity contribution >= 4 is 17.3 Å². The van der Waals surface area contributed by atoms with E-state index in [0.29, 0.717) is 30.5 Å². The standard InChI is InChI=1S/C20H27F2N3O2S/c1-3-23-20(24-12-14(2)11-17-5-4-10-28-17)25-13-18(26)15-6-8-16(9-7-15)27-19(21)22/h4-10,14,18-19,26H,3,11-13H2,1-2H3,(H2,23,24,25). The van der Waals surface area contributed by atoms with Crippen molar-refractivity contribution in [2.45, 2.75) is 33.0 Å². The van der Waals surface area contributed by atoms with E-state index in [2.05, 4.69) is 44.8 Å². The molecule has 0 aliphatic carbocycles. The van der Waals surface area contributed by atoms with Crippen LogP contribution < -0.4 is 15.4 Å². The third kappa shape index (κ3) is 7.82. The van der Waals surface area contributed by atoms with Gasteiger partial charge in [-0.3, -0.25) is 4.99 Å². The highest BCUT2D eigenvalue weighted by Crippen LogP contribution is 2.19. The van der Waals surface area contributed by atoms with Crippen LogP contribution in [0.25, 0.3) is 0 Å². The van der Waals surface area contributed by atoms with Gasteiger partial charge in [-0.15, -0.1) is 11.3 Å². The van der Waals surface area contributed by atoms with Crippen LogP contribution in [0.4, 0.5) is 8.78 Å². The van der Waals surface area contributed by atoms with E-state index in [9.17, 15) is 13.9 Å². The molecule has 1 aromatic heterocycles. The van der Waals surface area contributed by atoms with Gasteiger partial charge in [0.1, 0.15) is 5.75 Å². The minimum Gasteiger partial charge on any atom is -0.435 e. The molecule has 0 saturated heterocycles. The molecule has 0 saturated carbocycles. The summed E-state index contributed by atoms with van der Waals surface area (Å²) in [6.45, 7) is 2.90. The topological polar surface area (TPSA) is 65.9 Å². The van der Waals surface area contributed by atoms with Crippen molar-refractivity contribution in [3.05, 3.63) is 52.2 Å². The highest BCUT2D eigenvalue weighted by Gasteiger charge is 2.11. The monoisotopic (exact) mass is 411 g/mol. The number of thiophene rings is 1. The molecule has 1 aromatic carbocycles. The number of nitrogens with one attached hydrogen (secondary N) is 2. The van der Waals surface area contributed by atoms with E-state index < -0.39 is 12.7 Å². The molecule has 28 heavy (non-hydrogen) atoms. The van der Waals surface area contributed by atoms with Crippen LogP contribution in [0.5, 0.6) is 5.75 Å². The molecule has 0 radical (unpaired) electrons. The SMILES string of the molecule is CCNC(=NCC(C)Cc1cccs1)NCC(O)c1ccc(OC(F)F)cc1. The molecule has 1 heterocycles. The number of alkyl halides is 2. The number of ether oxygens (including phenoxy) is 1. The predicted octanol–water partition coefficient (Wildman–Crippen LogP) is 3.82. The van der Waals surface area contributed by atoms with E-state index >= 15 is 0 Å². The van der Waals surface area contributed by atoms with Crippen LogP contribution in [0.1, 0.15) is 30.4 Å². The second-order valence-corrected chi connectivity index (χ2v) is 7.48. The maximum Gasteiger partial charge on any atom is 0.387 e. The fraction of sp³-hybridized carbons (Fsp3) is 0.450. The lowest BCUT2D eigenvalue weighted by Gasteiger charge is -2.17. The molecule has 0 bridgehead atoms. The molecule has 0 spiro atoms. The molecule has 2 rings (SSSR count).